The van der Waals surface area contributed by atoms with Crippen molar-refractivity contribution in [3.8, 4) is 0 Å². The molecule has 2 heterocycles. The van der Waals surface area contributed by atoms with Crippen LogP contribution in [-0.4, -0.2) is 13.1 Å². The van der Waals surface area contributed by atoms with E-state index in [0.29, 0.717) is 0 Å². The van der Waals surface area contributed by atoms with Crippen LogP contribution in [0, 0.1) is 0 Å². The van der Waals surface area contributed by atoms with Gasteiger partial charge in [-0.2, -0.15) is 0 Å². The summed E-state index contributed by atoms with van der Waals surface area (Å²) in [6.07, 6.45) is 8.29. The maximum atomic E-state index is 3.27. The molecule has 2 nitrogen and oxygen atoms in total. The topological polar surface area (TPSA) is 24.1 Å². The monoisotopic (exact) mass is 134 g/mol. The van der Waals surface area contributed by atoms with Crippen LogP contribution in [0.15, 0.2) is 35.7 Å². The van der Waals surface area contributed by atoms with Crippen molar-refractivity contribution in [3.63, 3.8) is 0 Å². The van der Waals surface area contributed by atoms with Crippen LogP contribution in [-0.2, 0) is 0 Å². The molecule has 10 heavy (non-hydrogen) atoms. The molecule has 2 heteroatoms. The highest BCUT2D eigenvalue weighted by Crippen LogP contribution is 2.12. The Morgan fingerprint density at radius 3 is 3.30 bits per heavy atom. The molecule has 0 bridgehead atoms. The van der Waals surface area contributed by atoms with E-state index in [1.54, 1.807) is 0 Å². The average Bonchev–Trinajstić information content (AvgIpc) is 2.05. The van der Waals surface area contributed by atoms with Crippen LogP contribution in [0.1, 0.15) is 0 Å². The van der Waals surface area contributed by atoms with Crippen molar-refractivity contribution < 1.29 is 0 Å². The molecule has 0 fully saturated rings. The maximum absolute atomic E-state index is 3.27. The minimum atomic E-state index is 0.980. The van der Waals surface area contributed by atoms with E-state index in [1.807, 2.05) is 12.3 Å². The van der Waals surface area contributed by atoms with Gasteiger partial charge in [-0.25, -0.2) is 0 Å². The number of nitrogens with one attached hydrogen (secondary N) is 2. The molecule has 0 amide bonds. The predicted octanol–water partition coefficient (Wildman–Crippen LogP) is 0.517. The molecule has 0 atom stereocenters. The number of rotatable bonds is 0. The Bertz CT molecular complexity index is 223. The van der Waals surface area contributed by atoms with Crippen molar-refractivity contribution in [1.29, 1.82) is 0 Å². The van der Waals surface area contributed by atoms with Gasteiger partial charge in [-0.1, -0.05) is 6.08 Å². The van der Waals surface area contributed by atoms with Gasteiger partial charge < -0.3 is 10.6 Å². The Morgan fingerprint density at radius 1 is 1.40 bits per heavy atom. The number of dihydropyridines is 1. The second-order valence-electron chi connectivity index (χ2n) is 2.44. The molecule has 2 rings (SSSR count). The second-order valence-corrected chi connectivity index (χ2v) is 2.44. The molecular weight excluding hydrogens is 124 g/mol. The van der Waals surface area contributed by atoms with Crippen LogP contribution < -0.4 is 10.6 Å². The Labute approximate surface area is 60.3 Å². The molecule has 0 saturated heterocycles. The lowest BCUT2D eigenvalue weighted by Crippen LogP contribution is -2.28. The smallest absolute Gasteiger partial charge is 0.0397 e. The Morgan fingerprint density at radius 2 is 2.40 bits per heavy atom. The van der Waals surface area contributed by atoms with Gasteiger partial charge in [0.05, 0.1) is 0 Å². The lowest BCUT2D eigenvalue weighted by Gasteiger charge is -2.19. The van der Waals surface area contributed by atoms with Crippen molar-refractivity contribution in [2.24, 2.45) is 0 Å². The fraction of sp³-hybridized carbons (Fsp3) is 0.250. The van der Waals surface area contributed by atoms with Gasteiger partial charge in [0.1, 0.15) is 0 Å². The molecule has 0 saturated carbocycles. The summed E-state index contributed by atoms with van der Waals surface area (Å²) >= 11 is 0. The SMILES string of the molecule is C1=CNC2=CCNCC2=C1. The maximum Gasteiger partial charge on any atom is 0.0397 e. The summed E-state index contributed by atoms with van der Waals surface area (Å²) < 4.78 is 0. The minimum absolute atomic E-state index is 0.980. The van der Waals surface area contributed by atoms with Gasteiger partial charge >= 0.3 is 0 Å². The van der Waals surface area contributed by atoms with Crippen LogP contribution in [0.3, 0.4) is 0 Å². The first-order valence-corrected chi connectivity index (χ1v) is 3.50. The molecule has 0 spiro atoms. The molecule has 0 unspecified atom stereocenters. The van der Waals surface area contributed by atoms with Crippen molar-refractivity contribution in [2.45, 2.75) is 0 Å². The van der Waals surface area contributed by atoms with Crippen LogP contribution >= 0.6 is 0 Å². The Kier molecular flexibility index (Phi) is 1.32. The van der Waals surface area contributed by atoms with E-state index >= 15 is 0 Å². The number of fused-ring (bicyclic) bond motifs is 1. The van der Waals surface area contributed by atoms with E-state index in [0.717, 1.165) is 13.1 Å². The van der Waals surface area contributed by atoms with Crippen molar-refractivity contribution >= 4 is 0 Å². The average molecular weight is 134 g/mol. The molecule has 0 aromatic rings. The van der Waals surface area contributed by atoms with Gasteiger partial charge in [-0.15, -0.1) is 0 Å². The zero-order valence-electron chi connectivity index (χ0n) is 5.72. The molecule has 0 radical (unpaired) electrons. The van der Waals surface area contributed by atoms with Crippen molar-refractivity contribution in [2.75, 3.05) is 13.1 Å². The van der Waals surface area contributed by atoms with Gasteiger partial charge in [-0.05, 0) is 17.7 Å². The highest BCUT2D eigenvalue weighted by molar-refractivity contribution is 5.39. The summed E-state index contributed by atoms with van der Waals surface area (Å²) in [5.41, 5.74) is 2.62. The third-order valence-corrected chi connectivity index (χ3v) is 1.74. The van der Waals surface area contributed by atoms with E-state index in [-0.39, 0.29) is 0 Å². The summed E-state index contributed by atoms with van der Waals surface area (Å²) in [5, 5.41) is 6.46. The summed E-state index contributed by atoms with van der Waals surface area (Å²) in [6, 6.07) is 0. The first-order valence-electron chi connectivity index (χ1n) is 3.50. The summed E-state index contributed by atoms with van der Waals surface area (Å²) in [5.74, 6) is 0. The fourth-order valence-corrected chi connectivity index (χ4v) is 1.21. The van der Waals surface area contributed by atoms with Gasteiger partial charge in [0.2, 0.25) is 0 Å². The summed E-state index contributed by atoms with van der Waals surface area (Å²) in [6.45, 7) is 1.97. The van der Waals surface area contributed by atoms with Crippen molar-refractivity contribution in [3.05, 3.63) is 35.7 Å². The van der Waals surface area contributed by atoms with Gasteiger partial charge in [-0.3, -0.25) is 0 Å². The van der Waals surface area contributed by atoms with Gasteiger partial charge in [0.25, 0.3) is 0 Å². The lowest BCUT2D eigenvalue weighted by atomic mass is 10.1. The minimum Gasteiger partial charge on any atom is -0.362 e. The first kappa shape index (κ1) is 5.74. The quantitative estimate of drug-likeness (QED) is 0.504. The van der Waals surface area contributed by atoms with Gasteiger partial charge in [0, 0.05) is 25.0 Å². The predicted molar refractivity (Wildman–Crippen MR) is 41.3 cm³/mol. The van der Waals surface area contributed by atoms with E-state index in [9.17, 15) is 0 Å². The van der Waals surface area contributed by atoms with E-state index in [1.165, 1.54) is 11.3 Å². The van der Waals surface area contributed by atoms with E-state index in [2.05, 4.69) is 22.8 Å². The molecule has 0 aromatic carbocycles. The fourth-order valence-electron chi connectivity index (χ4n) is 1.21. The summed E-state index contributed by atoms with van der Waals surface area (Å²) in [7, 11) is 0. The molecule has 2 N–H and O–H groups in total. The molecule has 0 aromatic heterocycles. The Balaban J connectivity index is 2.32. The molecular formula is C8H10N2. The highest BCUT2D eigenvalue weighted by atomic mass is 14.9. The molecule has 2 aliphatic rings. The van der Waals surface area contributed by atoms with Crippen LogP contribution in [0.4, 0.5) is 0 Å². The van der Waals surface area contributed by atoms with Crippen LogP contribution in [0.5, 0.6) is 0 Å². The third kappa shape index (κ3) is 0.866. The van der Waals surface area contributed by atoms with Crippen LogP contribution in [0.2, 0.25) is 0 Å². The second kappa shape index (κ2) is 2.31. The molecule has 52 valence electrons. The first-order chi connectivity index (χ1) is 4.97. The highest BCUT2D eigenvalue weighted by Gasteiger charge is 2.08. The standard InChI is InChI=1S/C8H10N2/c1-2-7-6-9-5-3-8(7)10-4-1/h1-4,9-10H,5-6H2. The van der Waals surface area contributed by atoms with Crippen molar-refractivity contribution in [1.82, 2.24) is 10.6 Å². The Hall–Kier alpha value is -1.02. The lowest BCUT2D eigenvalue weighted by molar-refractivity contribution is 0.765. The van der Waals surface area contributed by atoms with Gasteiger partial charge in [0.15, 0.2) is 0 Å². The molecule has 2 aliphatic heterocycles. The number of hydrogen-bond donors (Lipinski definition) is 2. The zero-order valence-corrected chi connectivity index (χ0v) is 5.72. The van der Waals surface area contributed by atoms with E-state index < -0.39 is 0 Å². The van der Waals surface area contributed by atoms with Crippen LogP contribution in [0.25, 0.3) is 0 Å². The van der Waals surface area contributed by atoms with E-state index in [4.69, 9.17) is 0 Å². The normalized spacial score (nSPS) is 22.4. The largest absolute Gasteiger partial charge is 0.362 e. The zero-order chi connectivity index (χ0) is 6.81. The number of allylic oxidation sites excluding steroid dienone is 2. The third-order valence-electron chi connectivity index (χ3n) is 1.74. The summed E-state index contributed by atoms with van der Waals surface area (Å²) in [4.78, 5) is 0. The number of hydrogen-bond acceptors (Lipinski definition) is 2. The molecule has 0 aliphatic carbocycles.